The fraction of sp³-hybridized carbons (Fsp3) is 0.263. The number of amides is 1. The molecule has 0 aromatic heterocycles. The molecule has 0 aliphatic heterocycles. The average molecular weight is 345 g/mol. The second kappa shape index (κ2) is 8.82. The van der Waals surface area contributed by atoms with Gasteiger partial charge >= 0.3 is 5.97 Å². The number of anilines is 1. The highest BCUT2D eigenvalue weighted by Crippen LogP contribution is 2.14. The van der Waals surface area contributed by atoms with Crippen LogP contribution in [0, 0.1) is 5.82 Å². The summed E-state index contributed by atoms with van der Waals surface area (Å²) in [6.07, 6.45) is -0.378. The smallest absolute Gasteiger partial charge is 0.306 e. The summed E-state index contributed by atoms with van der Waals surface area (Å²) in [5, 5.41) is 2.40. The van der Waals surface area contributed by atoms with Crippen LogP contribution in [0.3, 0.4) is 0 Å². The summed E-state index contributed by atoms with van der Waals surface area (Å²) >= 11 is 0. The minimum Gasteiger partial charge on any atom is -0.497 e. The van der Waals surface area contributed by atoms with E-state index in [1.54, 1.807) is 13.2 Å². The first kappa shape index (κ1) is 18.4. The van der Waals surface area contributed by atoms with Crippen LogP contribution < -0.4 is 10.1 Å². The lowest BCUT2D eigenvalue weighted by molar-refractivity contribution is -0.153. The van der Waals surface area contributed by atoms with Crippen LogP contribution in [-0.2, 0) is 20.7 Å². The molecule has 1 atom stereocenters. The maximum atomic E-state index is 13.5. The van der Waals surface area contributed by atoms with Crippen molar-refractivity contribution in [2.75, 3.05) is 12.4 Å². The molecule has 0 radical (unpaired) electrons. The molecule has 2 aromatic carbocycles. The van der Waals surface area contributed by atoms with Crippen molar-refractivity contribution >= 4 is 17.6 Å². The van der Waals surface area contributed by atoms with Gasteiger partial charge in [0.1, 0.15) is 11.6 Å². The molecular weight excluding hydrogens is 325 g/mol. The summed E-state index contributed by atoms with van der Waals surface area (Å²) in [6, 6.07) is 13.1. The van der Waals surface area contributed by atoms with Gasteiger partial charge in [-0.2, -0.15) is 0 Å². The number of methoxy groups -OCH3 is 1. The molecule has 2 rings (SSSR count). The Balaban J connectivity index is 1.80. The van der Waals surface area contributed by atoms with Crippen molar-refractivity contribution in [1.29, 1.82) is 0 Å². The SMILES string of the molecule is COc1ccc(CCC(=O)O[C@@H](C)C(=O)Nc2ccccc2F)cc1. The van der Waals surface area contributed by atoms with Gasteiger partial charge in [-0.25, -0.2) is 4.39 Å². The molecule has 6 heteroatoms. The monoisotopic (exact) mass is 345 g/mol. The zero-order valence-electron chi connectivity index (χ0n) is 14.1. The third kappa shape index (κ3) is 5.60. The van der Waals surface area contributed by atoms with Gasteiger partial charge in [-0.1, -0.05) is 24.3 Å². The molecule has 0 unspecified atom stereocenters. The number of esters is 1. The van der Waals surface area contributed by atoms with Gasteiger partial charge in [0.05, 0.1) is 12.8 Å². The molecule has 132 valence electrons. The molecule has 0 fully saturated rings. The highest BCUT2D eigenvalue weighted by Gasteiger charge is 2.18. The average Bonchev–Trinajstić information content (AvgIpc) is 2.62. The van der Waals surface area contributed by atoms with Gasteiger partial charge in [-0.05, 0) is 43.2 Å². The Kier molecular flexibility index (Phi) is 6.51. The standard InChI is InChI=1S/C19H20FNO4/c1-13(19(23)21-17-6-4-3-5-16(17)20)25-18(22)12-9-14-7-10-15(24-2)11-8-14/h3-8,10-11,13H,9,12H2,1-2H3,(H,21,23)/t13-/m0/s1. The summed E-state index contributed by atoms with van der Waals surface area (Å²) in [7, 11) is 1.58. The Morgan fingerprint density at radius 2 is 1.80 bits per heavy atom. The third-order valence-corrected chi connectivity index (χ3v) is 3.59. The van der Waals surface area contributed by atoms with E-state index in [-0.39, 0.29) is 12.1 Å². The Morgan fingerprint density at radius 1 is 1.12 bits per heavy atom. The normalized spacial score (nSPS) is 11.5. The second-order valence-electron chi connectivity index (χ2n) is 5.45. The number of nitrogens with one attached hydrogen (secondary N) is 1. The van der Waals surface area contributed by atoms with Crippen LogP contribution in [0.15, 0.2) is 48.5 Å². The number of aryl methyl sites for hydroxylation is 1. The Bertz CT molecular complexity index is 730. The fourth-order valence-corrected chi connectivity index (χ4v) is 2.15. The zero-order valence-corrected chi connectivity index (χ0v) is 14.1. The Labute approximate surface area is 145 Å². The highest BCUT2D eigenvalue weighted by molar-refractivity contribution is 5.95. The third-order valence-electron chi connectivity index (χ3n) is 3.59. The molecule has 0 heterocycles. The van der Waals surface area contributed by atoms with Gasteiger partial charge in [-0.15, -0.1) is 0 Å². The van der Waals surface area contributed by atoms with Crippen molar-refractivity contribution < 1.29 is 23.5 Å². The van der Waals surface area contributed by atoms with Crippen LogP contribution in [0.4, 0.5) is 10.1 Å². The number of benzene rings is 2. The van der Waals surface area contributed by atoms with Gasteiger partial charge in [0, 0.05) is 6.42 Å². The number of carbonyl (C=O) groups is 2. The van der Waals surface area contributed by atoms with Crippen LogP contribution in [0.5, 0.6) is 5.75 Å². The molecule has 1 N–H and O–H groups in total. The summed E-state index contributed by atoms with van der Waals surface area (Å²) in [5.41, 5.74) is 1.01. The molecular formula is C19H20FNO4. The van der Waals surface area contributed by atoms with E-state index in [9.17, 15) is 14.0 Å². The van der Waals surface area contributed by atoms with Crippen molar-refractivity contribution in [3.05, 3.63) is 59.9 Å². The molecule has 0 saturated heterocycles. The number of rotatable bonds is 7. The number of halogens is 1. The molecule has 0 saturated carbocycles. The molecule has 0 bridgehead atoms. The van der Waals surface area contributed by atoms with E-state index >= 15 is 0 Å². The lowest BCUT2D eigenvalue weighted by Gasteiger charge is -2.14. The van der Waals surface area contributed by atoms with Gasteiger partial charge in [0.2, 0.25) is 0 Å². The number of para-hydroxylation sites is 1. The minimum atomic E-state index is -1.01. The first-order valence-electron chi connectivity index (χ1n) is 7.87. The number of ether oxygens (including phenoxy) is 2. The van der Waals surface area contributed by atoms with Crippen LogP contribution in [0.2, 0.25) is 0 Å². The summed E-state index contributed by atoms with van der Waals surface area (Å²) in [6.45, 7) is 1.45. The van der Waals surface area contributed by atoms with Crippen LogP contribution in [0.1, 0.15) is 18.9 Å². The van der Waals surface area contributed by atoms with E-state index in [1.165, 1.54) is 25.1 Å². The molecule has 25 heavy (non-hydrogen) atoms. The maximum absolute atomic E-state index is 13.5. The van der Waals surface area contributed by atoms with E-state index in [4.69, 9.17) is 9.47 Å². The van der Waals surface area contributed by atoms with Crippen LogP contribution in [0.25, 0.3) is 0 Å². The zero-order chi connectivity index (χ0) is 18.2. The predicted octanol–water partition coefficient (Wildman–Crippen LogP) is 3.34. The highest BCUT2D eigenvalue weighted by atomic mass is 19.1. The first-order chi connectivity index (χ1) is 12.0. The topological polar surface area (TPSA) is 64.6 Å². The largest absolute Gasteiger partial charge is 0.497 e. The van der Waals surface area contributed by atoms with E-state index in [2.05, 4.69) is 5.32 Å². The quantitative estimate of drug-likeness (QED) is 0.782. The lowest BCUT2D eigenvalue weighted by atomic mass is 10.1. The number of carbonyl (C=O) groups excluding carboxylic acids is 2. The van der Waals surface area contributed by atoms with Gasteiger partial charge in [0.25, 0.3) is 5.91 Å². The van der Waals surface area contributed by atoms with E-state index in [1.807, 2.05) is 24.3 Å². The Hall–Kier alpha value is -2.89. The van der Waals surface area contributed by atoms with E-state index in [0.717, 1.165) is 11.3 Å². The summed E-state index contributed by atoms with van der Waals surface area (Å²) in [4.78, 5) is 23.8. The molecule has 2 aromatic rings. The number of hydrogen-bond donors (Lipinski definition) is 1. The van der Waals surface area contributed by atoms with Crippen molar-refractivity contribution in [1.82, 2.24) is 0 Å². The van der Waals surface area contributed by atoms with Crippen LogP contribution in [-0.4, -0.2) is 25.1 Å². The maximum Gasteiger partial charge on any atom is 0.306 e. The molecule has 0 aliphatic carbocycles. The first-order valence-corrected chi connectivity index (χ1v) is 7.87. The molecule has 0 aliphatic rings. The number of hydrogen-bond acceptors (Lipinski definition) is 4. The van der Waals surface area contributed by atoms with Crippen molar-refractivity contribution in [2.45, 2.75) is 25.9 Å². The van der Waals surface area contributed by atoms with Gasteiger partial charge in [-0.3, -0.25) is 9.59 Å². The van der Waals surface area contributed by atoms with Crippen molar-refractivity contribution in [3.63, 3.8) is 0 Å². The fourth-order valence-electron chi connectivity index (χ4n) is 2.15. The van der Waals surface area contributed by atoms with E-state index < -0.39 is 23.8 Å². The van der Waals surface area contributed by atoms with E-state index in [0.29, 0.717) is 6.42 Å². The van der Waals surface area contributed by atoms with Crippen molar-refractivity contribution in [3.8, 4) is 5.75 Å². The lowest BCUT2D eigenvalue weighted by Crippen LogP contribution is -2.30. The molecule has 0 spiro atoms. The van der Waals surface area contributed by atoms with Crippen molar-refractivity contribution in [2.24, 2.45) is 0 Å². The summed E-state index contributed by atoms with van der Waals surface area (Å²) < 4.78 is 23.7. The van der Waals surface area contributed by atoms with Gasteiger partial charge < -0.3 is 14.8 Å². The predicted molar refractivity (Wildman–Crippen MR) is 91.9 cm³/mol. The summed E-state index contributed by atoms with van der Waals surface area (Å²) in [5.74, 6) is -0.881. The van der Waals surface area contributed by atoms with Crippen LogP contribution >= 0.6 is 0 Å². The molecule has 5 nitrogen and oxygen atoms in total. The minimum absolute atomic E-state index is 0.0497. The Morgan fingerprint density at radius 3 is 2.44 bits per heavy atom. The second-order valence-corrected chi connectivity index (χ2v) is 5.45. The molecule has 1 amide bonds. The van der Waals surface area contributed by atoms with Gasteiger partial charge in [0.15, 0.2) is 6.10 Å².